The van der Waals surface area contributed by atoms with Gasteiger partial charge in [0.1, 0.15) is 5.75 Å². The molecule has 0 spiro atoms. The number of aromatic hydroxyl groups is 1. The molecule has 1 atom stereocenters. The number of benzene rings is 3. The molecule has 1 aliphatic rings. The lowest BCUT2D eigenvalue weighted by molar-refractivity contribution is 0.104. The molecule has 3 aromatic rings. The second-order valence-electron chi connectivity index (χ2n) is 7.39. The number of phenols is 1. The Morgan fingerprint density at radius 2 is 1.63 bits per heavy atom. The number of rotatable bonds is 5. The van der Waals surface area contributed by atoms with Crippen molar-refractivity contribution in [1.82, 2.24) is 0 Å². The van der Waals surface area contributed by atoms with Gasteiger partial charge in [0.05, 0.1) is 0 Å². The molecule has 0 fully saturated rings. The predicted octanol–water partition coefficient (Wildman–Crippen LogP) is 6.77. The van der Waals surface area contributed by atoms with E-state index in [4.69, 9.17) is 11.6 Å². The third-order valence-electron chi connectivity index (χ3n) is 5.38. The van der Waals surface area contributed by atoms with Gasteiger partial charge in [0, 0.05) is 16.0 Å². The molecule has 0 saturated heterocycles. The SMILES string of the molecule is O=C(/C=C/C1(c2ccc(O)cc2)C=CC=C(c2ccc(Cl)cc2)C1)c1ccccc1. The van der Waals surface area contributed by atoms with Crippen molar-refractivity contribution in [3.8, 4) is 5.75 Å². The van der Waals surface area contributed by atoms with Crippen LogP contribution in [0.25, 0.3) is 5.57 Å². The number of hydrogen-bond acceptors (Lipinski definition) is 2. The average molecular weight is 413 g/mol. The summed E-state index contributed by atoms with van der Waals surface area (Å²) in [5.74, 6) is 0.177. The summed E-state index contributed by atoms with van der Waals surface area (Å²) in [7, 11) is 0. The molecule has 30 heavy (non-hydrogen) atoms. The van der Waals surface area contributed by atoms with Gasteiger partial charge in [-0.1, -0.05) is 90.5 Å². The molecular formula is C27H21ClO2. The van der Waals surface area contributed by atoms with E-state index in [0.29, 0.717) is 17.0 Å². The molecule has 1 N–H and O–H groups in total. The summed E-state index contributed by atoms with van der Waals surface area (Å²) in [5, 5.41) is 10.4. The van der Waals surface area contributed by atoms with Crippen LogP contribution in [0.3, 0.4) is 0 Å². The number of hydrogen-bond donors (Lipinski definition) is 1. The van der Waals surface area contributed by atoms with Crippen molar-refractivity contribution in [3.05, 3.63) is 131 Å². The monoisotopic (exact) mass is 412 g/mol. The van der Waals surface area contributed by atoms with E-state index in [0.717, 1.165) is 16.7 Å². The molecule has 1 unspecified atom stereocenters. The standard InChI is InChI=1S/C27H21ClO2/c28-24-12-8-20(9-13-24)22-7-4-17-27(19-22,23-10-14-25(29)15-11-23)18-16-26(30)21-5-2-1-3-6-21/h1-18,29H,19H2/b18-16+. The van der Waals surface area contributed by atoms with E-state index in [1.165, 1.54) is 0 Å². The Morgan fingerprint density at radius 1 is 0.933 bits per heavy atom. The third kappa shape index (κ3) is 4.29. The van der Waals surface area contributed by atoms with E-state index >= 15 is 0 Å². The van der Waals surface area contributed by atoms with E-state index in [-0.39, 0.29) is 11.5 Å². The van der Waals surface area contributed by atoms with Crippen LogP contribution >= 0.6 is 11.6 Å². The molecule has 2 nitrogen and oxygen atoms in total. The molecule has 3 aromatic carbocycles. The highest BCUT2D eigenvalue weighted by atomic mass is 35.5. The van der Waals surface area contributed by atoms with E-state index < -0.39 is 5.41 Å². The Morgan fingerprint density at radius 3 is 2.33 bits per heavy atom. The van der Waals surface area contributed by atoms with Crippen LogP contribution in [0, 0.1) is 0 Å². The van der Waals surface area contributed by atoms with Crippen LogP contribution in [-0.2, 0) is 5.41 Å². The maximum atomic E-state index is 12.7. The van der Waals surface area contributed by atoms with Gasteiger partial charge in [-0.15, -0.1) is 0 Å². The largest absolute Gasteiger partial charge is 0.508 e. The van der Waals surface area contributed by atoms with Crippen LogP contribution in [-0.4, -0.2) is 10.9 Å². The topological polar surface area (TPSA) is 37.3 Å². The highest BCUT2D eigenvalue weighted by molar-refractivity contribution is 6.30. The smallest absolute Gasteiger partial charge is 0.185 e. The van der Waals surface area contributed by atoms with Crippen LogP contribution in [0.1, 0.15) is 27.9 Å². The minimum atomic E-state index is -0.498. The number of carbonyl (C=O) groups is 1. The Labute approximate surface area is 181 Å². The first-order chi connectivity index (χ1) is 14.6. The van der Waals surface area contributed by atoms with Gasteiger partial charge in [-0.05, 0) is 53.5 Å². The molecule has 0 radical (unpaired) electrons. The number of phenolic OH excluding ortho intramolecular Hbond substituents is 1. The molecule has 0 heterocycles. The fourth-order valence-corrected chi connectivity index (χ4v) is 3.86. The van der Waals surface area contributed by atoms with Gasteiger partial charge < -0.3 is 5.11 Å². The Bertz CT molecular complexity index is 1120. The van der Waals surface area contributed by atoms with Crippen molar-refractivity contribution in [2.45, 2.75) is 11.8 Å². The van der Waals surface area contributed by atoms with Gasteiger partial charge in [-0.2, -0.15) is 0 Å². The van der Waals surface area contributed by atoms with Crippen LogP contribution in [0.5, 0.6) is 5.75 Å². The summed E-state index contributed by atoms with van der Waals surface area (Å²) < 4.78 is 0. The molecule has 0 amide bonds. The predicted molar refractivity (Wildman–Crippen MR) is 123 cm³/mol. The van der Waals surface area contributed by atoms with Gasteiger partial charge >= 0.3 is 0 Å². The zero-order valence-electron chi connectivity index (χ0n) is 16.3. The maximum Gasteiger partial charge on any atom is 0.185 e. The van der Waals surface area contributed by atoms with Crippen molar-refractivity contribution < 1.29 is 9.90 Å². The zero-order valence-corrected chi connectivity index (χ0v) is 17.1. The van der Waals surface area contributed by atoms with Crippen molar-refractivity contribution in [2.75, 3.05) is 0 Å². The Balaban J connectivity index is 1.72. The molecule has 148 valence electrons. The summed E-state index contributed by atoms with van der Waals surface area (Å²) in [6, 6.07) is 24.2. The lowest BCUT2D eigenvalue weighted by Gasteiger charge is -2.32. The second-order valence-corrected chi connectivity index (χ2v) is 7.82. The molecule has 0 aromatic heterocycles. The number of allylic oxidation sites excluding steroid dienone is 6. The number of halogens is 1. The number of carbonyl (C=O) groups excluding carboxylic acids is 1. The van der Waals surface area contributed by atoms with Gasteiger partial charge in [0.25, 0.3) is 0 Å². The summed E-state index contributed by atoms with van der Waals surface area (Å²) >= 11 is 6.05. The first-order valence-corrected chi connectivity index (χ1v) is 10.2. The van der Waals surface area contributed by atoms with Gasteiger partial charge in [0.15, 0.2) is 5.78 Å². The van der Waals surface area contributed by atoms with Gasteiger partial charge in [-0.25, -0.2) is 0 Å². The summed E-state index contributed by atoms with van der Waals surface area (Å²) in [4.78, 5) is 12.7. The minimum absolute atomic E-state index is 0.0373. The van der Waals surface area contributed by atoms with Gasteiger partial charge in [-0.3, -0.25) is 4.79 Å². The highest BCUT2D eigenvalue weighted by Gasteiger charge is 2.30. The summed E-state index contributed by atoms with van der Waals surface area (Å²) in [6.45, 7) is 0. The van der Waals surface area contributed by atoms with Crippen molar-refractivity contribution >= 4 is 23.0 Å². The highest BCUT2D eigenvalue weighted by Crippen LogP contribution is 2.41. The average Bonchev–Trinajstić information content (AvgIpc) is 2.79. The maximum absolute atomic E-state index is 12.7. The molecule has 3 heteroatoms. The van der Waals surface area contributed by atoms with E-state index in [1.54, 1.807) is 18.2 Å². The van der Waals surface area contributed by atoms with Crippen LogP contribution < -0.4 is 0 Å². The number of ketones is 1. The molecule has 0 bridgehead atoms. The minimum Gasteiger partial charge on any atom is -0.508 e. The Hall–Kier alpha value is -3.36. The molecule has 0 aliphatic heterocycles. The lowest BCUT2D eigenvalue weighted by Crippen LogP contribution is -2.23. The van der Waals surface area contributed by atoms with Crippen molar-refractivity contribution in [1.29, 1.82) is 0 Å². The van der Waals surface area contributed by atoms with E-state index in [9.17, 15) is 9.90 Å². The van der Waals surface area contributed by atoms with Crippen LogP contribution in [0.4, 0.5) is 0 Å². The van der Waals surface area contributed by atoms with Crippen molar-refractivity contribution in [2.24, 2.45) is 0 Å². The van der Waals surface area contributed by atoms with E-state index in [2.05, 4.69) is 12.2 Å². The second kappa shape index (κ2) is 8.56. The molecule has 4 rings (SSSR count). The first-order valence-electron chi connectivity index (χ1n) is 9.78. The van der Waals surface area contributed by atoms with Gasteiger partial charge in [0.2, 0.25) is 0 Å². The molecular weight excluding hydrogens is 392 g/mol. The normalized spacial score (nSPS) is 18.4. The fourth-order valence-electron chi connectivity index (χ4n) is 3.73. The lowest BCUT2D eigenvalue weighted by atomic mass is 9.71. The molecule has 1 aliphatic carbocycles. The van der Waals surface area contributed by atoms with Crippen LogP contribution in [0.2, 0.25) is 5.02 Å². The first kappa shape index (κ1) is 19.9. The van der Waals surface area contributed by atoms with Crippen LogP contribution in [0.15, 0.2) is 109 Å². The van der Waals surface area contributed by atoms with E-state index in [1.807, 2.05) is 78.9 Å². The zero-order chi connectivity index (χ0) is 21.0. The third-order valence-corrected chi connectivity index (χ3v) is 5.64. The fraction of sp³-hybridized carbons (Fsp3) is 0.0741. The summed E-state index contributed by atoms with van der Waals surface area (Å²) in [5.41, 5.74) is 3.41. The van der Waals surface area contributed by atoms with Crippen molar-refractivity contribution in [3.63, 3.8) is 0 Å². The molecule has 0 saturated carbocycles. The Kier molecular flexibility index (Phi) is 5.69. The summed E-state index contributed by atoms with van der Waals surface area (Å²) in [6.07, 6.45) is 10.5. The quantitative estimate of drug-likeness (QED) is 0.371.